The van der Waals surface area contributed by atoms with Crippen molar-refractivity contribution in [3.63, 3.8) is 0 Å². The van der Waals surface area contributed by atoms with E-state index in [-0.39, 0.29) is 11.7 Å². The van der Waals surface area contributed by atoms with Crippen LogP contribution in [0.4, 0.5) is 44.2 Å². The van der Waals surface area contributed by atoms with Crippen LogP contribution in [0.25, 0.3) is 0 Å². The van der Waals surface area contributed by atoms with Gasteiger partial charge in [0.05, 0.1) is 40.6 Å². The normalized spacial score (nSPS) is 11.5. The summed E-state index contributed by atoms with van der Waals surface area (Å²) in [5, 5.41) is 24.9. The average Bonchev–Trinajstić information content (AvgIpc) is 3.04. The third kappa shape index (κ3) is 10.0. The number of benzene rings is 4. The van der Waals surface area contributed by atoms with Crippen LogP contribution < -0.4 is 4.90 Å². The van der Waals surface area contributed by atoms with E-state index >= 15 is 0 Å². The molecule has 0 aliphatic heterocycles. The largest absolute Gasteiger partial charge is 0.462 e. The Kier molecular flexibility index (Phi) is 11.9. The summed E-state index contributed by atoms with van der Waals surface area (Å²) in [6.45, 7) is 2.60. The van der Waals surface area contributed by atoms with Gasteiger partial charge in [0.2, 0.25) is 0 Å². The maximum Gasteiger partial charge on any atom is 0.338 e. The Balaban J connectivity index is 1.27. The van der Waals surface area contributed by atoms with Gasteiger partial charge in [-0.05, 0) is 91.3 Å². The first kappa shape index (κ1) is 31.8. The minimum absolute atomic E-state index is 0.109. The van der Waals surface area contributed by atoms with Crippen molar-refractivity contribution in [1.29, 1.82) is 0 Å². The lowest BCUT2D eigenvalue weighted by molar-refractivity contribution is 0.0497. The number of halogens is 1. The molecule has 4 aromatic rings. The number of azo groups is 3. The van der Waals surface area contributed by atoms with Gasteiger partial charge >= 0.3 is 5.97 Å². The number of rotatable bonds is 14. The minimum Gasteiger partial charge on any atom is -0.462 e. The second kappa shape index (κ2) is 16.5. The van der Waals surface area contributed by atoms with E-state index in [2.05, 4.69) is 37.6 Å². The van der Waals surface area contributed by atoms with Crippen molar-refractivity contribution in [2.45, 2.75) is 39.0 Å². The summed E-state index contributed by atoms with van der Waals surface area (Å²) in [7, 11) is 3.90. The molecule has 44 heavy (non-hydrogen) atoms. The van der Waals surface area contributed by atoms with E-state index in [0.29, 0.717) is 40.6 Å². The monoisotopic (exact) mass is 593 g/mol. The molecule has 10 heteroatoms. The van der Waals surface area contributed by atoms with Crippen molar-refractivity contribution < 1.29 is 13.9 Å². The molecule has 0 amide bonds. The Labute approximate surface area is 257 Å². The zero-order chi connectivity index (χ0) is 31.1. The van der Waals surface area contributed by atoms with Crippen molar-refractivity contribution in [3.05, 3.63) is 102 Å². The Hall–Kier alpha value is -5.12. The Morgan fingerprint density at radius 1 is 0.636 bits per heavy atom. The molecule has 4 aromatic carbocycles. The van der Waals surface area contributed by atoms with Gasteiger partial charge in [-0.15, -0.1) is 5.11 Å². The molecule has 0 N–H and O–H groups in total. The van der Waals surface area contributed by atoms with Gasteiger partial charge in [-0.1, -0.05) is 32.6 Å². The second-order valence-electron chi connectivity index (χ2n) is 10.3. The summed E-state index contributed by atoms with van der Waals surface area (Å²) in [6, 6.07) is 25.6. The van der Waals surface area contributed by atoms with E-state index in [1.807, 2.05) is 43.3 Å². The molecule has 0 aromatic heterocycles. The Bertz CT molecular complexity index is 1580. The fourth-order valence-electron chi connectivity index (χ4n) is 4.00. The van der Waals surface area contributed by atoms with Crippen LogP contribution in [-0.2, 0) is 4.74 Å². The molecule has 0 spiro atoms. The number of hydrogen-bond acceptors (Lipinski definition) is 9. The summed E-state index contributed by atoms with van der Waals surface area (Å²) in [5.41, 5.74) is 4.40. The lowest BCUT2D eigenvalue weighted by Gasteiger charge is -2.11. The first-order valence-electron chi connectivity index (χ1n) is 14.6. The van der Waals surface area contributed by atoms with E-state index < -0.39 is 5.82 Å². The number of carbonyl (C=O) groups is 1. The third-order valence-corrected chi connectivity index (χ3v) is 6.57. The van der Waals surface area contributed by atoms with E-state index in [1.54, 1.807) is 54.6 Å². The van der Waals surface area contributed by atoms with E-state index in [9.17, 15) is 9.18 Å². The van der Waals surface area contributed by atoms with Crippen LogP contribution in [0.5, 0.6) is 0 Å². The molecule has 0 radical (unpaired) electrons. The lowest BCUT2D eigenvalue weighted by atomic mass is 10.2. The van der Waals surface area contributed by atoms with Crippen molar-refractivity contribution in [2.75, 3.05) is 25.6 Å². The Morgan fingerprint density at radius 3 is 1.66 bits per heavy atom. The van der Waals surface area contributed by atoms with E-state index in [1.165, 1.54) is 31.4 Å². The van der Waals surface area contributed by atoms with E-state index in [0.717, 1.165) is 18.5 Å². The maximum atomic E-state index is 14.6. The molecular formula is C34H36FN7O2. The number of ether oxygens (including phenoxy) is 1. The smallest absolute Gasteiger partial charge is 0.338 e. The van der Waals surface area contributed by atoms with Crippen LogP contribution in [0.1, 0.15) is 49.4 Å². The SMILES string of the molecule is CCCCCCCOC(=O)c1ccc(N=Nc2ccc(N=Nc3ccc(N=Nc4ccc(N(C)C)cc4)c(F)c3)cc2)cc1. The molecule has 226 valence electrons. The average molecular weight is 594 g/mol. The first-order valence-corrected chi connectivity index (χ1v) is 14.6. The maximum absolute atomic E-state index is 14.6. The molecular weight excluding hydrogens is 557 g/mol. The topological polar surface area (TPSA) is 104 Å². The fourth-order valence-corrected chi connectivity index (χ4v) is 4.00. The van der Waals surface area contributed by atoms with Crippen molar-refractivity contribution >= 4 is 45.8 Å². The number of carbonyl (C=O) groups excluding carboxylic acids is 1. The van der Waals surface area contributed by atoms with Crippen LogP contribution in [0.3, 0.4) is 0 Å². The summed E-state index contributed by atoms with van der Waals surface area (Å²) in [4.78, 5) is 14.2. The zero-order valence-corrected chi connectivity index (χ0v) is 25.2. The molecule has 0 unspecified atom stereocenters. The van der Waals surface area contributed by atoms with Gasteiger partial charge in [-0.2, -0.15) is 25.6 Å². The predicted molar refractivity (Wildman–Crippen MR) is 172 cm³/mol. The lowest BCUT2D eigenvalue weighted by Crippen LogP contribution is -2.07. The van der Waals surface area contributed by atoms with Crippen LogP contribution in [0.2, 0.25) is 0 Å². The second-order valence-corrected chi connectivity index (χ2v) is 10.3. The van der Waals surface area contributed by atoms with Gasteiger partial charge in [0.15, 0.2) is 5.82 Å². The molecule has 0 bridgehead atoms. The summed E-state index contributed by atoms with van der Waals surface area (Å²) in [6.07, 6.45) is 5.51. The van der Waals surface area contributed by atoms with Crippen LogP contribution >= 0.6 is 0 Å². The predicted octanol–water partition coefficient (Wildman–Crippen LogP) is 11.3. The molecule has 4 rings (SSSR count). The molecule has 0 atom stereocenters. The Morgan fingerprint density at radius 2 is 1.11 bits per heavy atom. The van der Waals surface area contributed by atoms with Gasteiger partial charge in [0, 0.05) is 25.8 Å². The molecule has 0 saturated heterocycles. The molecule has 0 aliphatic rings. The number of nitrogens with zero attached hydrogens (tertiary/aromatic N) is 7. The minimum atomic E-state index is -0.548. The highest BCUT2D eigenvalue weighted by molar-refractivity contribution is 5.89. The zero-order valence-electron chi connectivity index (χ0n) is 25.2. The highest BCUT2D eigenvalue weighted by Crippen LogP contribution is 2.28. The van der Waals surface area contributed by atoms with Gasteiger partial charge in [0.25, 0.3) is 0 Å². The van der Waals surface area contributed by atoms with Crippen molar-refractivity contribution in [2.24, 2.45) is 30.7 Å². The summed E-state index contributed by atoms with van der Waals surface area (Å²) >= 11 is 0. The van der Waals surface area contributed by atoms with Crippen LogP contribution in [-0.4, -0.2) is 26.7 Å². The van der Waals surface area contributed by atoms with E-state index in [4.69, 9.17) is 4.74 Å². The standard InChI is InChI=1S/C34H36FN7O2/c1-4-5-6-7-8-23-44-34(43)25-9-11-26(12-10-25)36-37-27-13-15-28(16-14-27)38-40-30-19-22-33(32(35)24-30)41-39-29-17-20-31(21-18-29)42(2)3/h9-22,24H,4-8,23H2,1-3H3. The number of hydrogen-bond donors (Lipinski definition) is 0. The van der Waals surface area contributed by atoms with Crippen molar-refractivity contribution in [1.82, 2.24) is 0 Å². The van der Waals surface area contributed by atoms with Crippen LogP contribution in [0.15, 0.2) is 122 Å². The molecule has 0 heterocycles. The van der Waals surface area contributed by atoms with Gasteiger partial charge in [-0.25, -0.2) is 9.18 Å². The fraction of sp³-hybridized carbons (Fsp3) is 0.265. The number of anilines is 1. The summed E-state index contributed by atoms with van der Waals surface area (Å²) < 4.78 is 19.9. The molecule has 0 aliphatic carbocycles. The van der Waals surface area contributed by atoms with Gasteiger partial charge < -0.3 is 9.64 Å². The molecule has 9 nitrogen and oxygen atoms in total. The molecule has 0 fully saturated rings. The highest BCUT2D eigenvalue weighted by atomic mass is 19.1. The quantitative estimate of drug-likeness (QED) is 0.0825. The van der Waals surface area contributed by atoms with Gasteiger partial charge in [0.1, 0.15) is 5.69 Å². The van der Waals surface area contributed by atoms with Crippen molar-refractivity contribution in [3.8, 4) is 0 Å². The highest BCUT2D eigenvalue weighted by Gasteiger charge is 2.07. The number of unbranched alkanes of at least 4 members (excludes halogenated alkanes) is 4. The third-order valence-electron chi connectivity index (χ3n) is 6.57. The van der Waals surface area contributed by atoms with Gasteiger partial charge in [-0.3, -0.25) is 0 Å². The molecule has 0 saturated carbocycles. The number of esters is 1. The van der Waals surface area contributed by atoms with Crippen LogP contribution in [0, 0.1) is 5.82 Å². The summed E-state index contributed by atoms with van der Waals surface area (Å²) in [5.74, 6) is -0.881. The first-order chi connectivity index (χ1) is 21.4.